The molecule has 4 rings (SSSR count). The number of aromatic amines is 1. The SMILES string of the molecule is Cc1ccc(F)c(-c2nc3ncn(Cc4ccccc4Cl)c3c(=O)[nH]2)c1. The average molecular weight is 369 g/mol. The molecule has 0 radical (unpaired) electrons. The van der Waals surface area contributed by atoms with E-state index in [4.69, 9.17) is 11.6 Å². The Kier molecular flexibility index (Phi) is 4.05. The number of aryl methyl sites for hydroxylation is 1. The molecule has 0 aliphatic carbocycles. The van der Waals surface area contributed by atoms with E-state index >= 15 is 0 Å². The molecule has 26 heavy (non-hydrogen) atoms. The fourth-order valence-electron chi connectivity index (χ4n) is 2.86. The number of rotatable bonds is 3. The normalized spacial score (nSPS) is 11.2. The molecular formula is C19H14ClFN4O. The van der Waals surface area contributed by atoms with Crippen LogP contribution in [0.2, 0.25) is 5.02 Å². The summed E-state index contributed by atoms with van der Waals surface area (Å²) >= 11 is 6.19. The van der Waals surface area contributed by atoms with Crippen molar-refractivity contribution in [2.24, 2.45) is 0 Å². The molecule has 1 N–H and O–H groups in total. The van der Waals surface area contributed by atoms with Crippen LogP contribution < -0.4 is 5.56 Å². The van der Waals surface area contributed by atoms with E-state index in [1.54, 1.807) is 22.8 Å². The van der Waals surface area contributed by atoms with Gasteiger partial charge in [0, 0.05) is 5.02 Å². The van der Waals surface area contributed by atoms with Gasteiger partial charge in [-0.05, 0) is 30.7 Å². The first kappa shape index (κ1) is 16.5. The van der Waals surface area contributed by atoms with E-state index < -0.39 is 5.82 Å². The molecule has 0 aliphatic heterocycles. The number of nitrogens with zero attached hydrogens (tertiary/aromatic N) is 3. The summed E-state index contributed by atoms with van der Waals surface area (Å²) in [6.45, 7) is 2.23. The number of hydrogen-bond donors (Lipinski definition) is 1. The number of fused-ring (bicyclic) bond motifs is 1. The van der Waals surface area contributed by atoms with Gasteiger partial charge in [-0.15, -0.1) is 0 Å². The highest BCUT2D eigenvalue weighted by Crippen LogP contribution is 2.22. The number of imidazole rings is 1. The van der Waals surface area contributed by atoms with Crippen LogP contribution in [0, 0.1) is 12.7 Å². The Balaban J connectivity index is 1.82. The lowest BCUT2D eigenvalue weighted by Crippen LogP contribution is -2.14. The zero-order valence-electron chi connectivity index (χ0n) is 13.8. The molecule has 0 unspecified atom stereocenters. The topological polar surface area (TPSA) is 63.6 Å². The van der Waals surface area contributed by atoms with Crippen molar-refractivity contribution in [3.05, 3.63) is 81.1 Å². The van der Waals surface area contributed by atoms with Crippen LogP contribution in [-0.2, 0) is 6.54 Å². The van der Waals surface area contributed by atoms with Crippen molar-refractivity contribution in [2.75, 3.05) is 0 Å². The predicted octanol–water partition coefficient (Wildman–Crippen LogP) is 3.94. The number of H-pyrrole nitrogens is 1. The van der Waals surface area contributed by atoms with Crippen LogP contribution in [0.3, 0.4) is 0 Å². The van der Waals surface area contributed by atoms with Crippen LogP contribution in [-0.4, -0.2) is 19.5 Å². The van der Waals surface area contributed by atoms with Gasteiger partial charge in [-0.1, -0.05) is 41.4 Å². The average Bonchev–Trinajstić information content (AvgIpc) is 3.02. The van der Waals surface area contributed by atoms with Gasteiger partial charge in [-0.3, -0.25) is 4.79 Å². The van der Waals surface area contributed by atoms with Crippen LogP contribution in [0.4, 0.5) is 4.39 Å². The summed E-state index contributed by atoms with van der Waals surface area (Å²) in [5.74, 6) is -0.291. The molecule has 0 amide bonds. The minimum absolute atomic E-state index is 0.159. The molecule has 2 aromatic carbocycles. The van der Waals surface area contributed by atoms with E-state index in [2.05, 4.69) is 15.0 Å². The molecule has 0 fully saturated rings. The Hall–Kier alpha value is -2.99. The molecule has 4 aromatic rings. The van der Waals surface area contributed by atoms with E-state index in [0.29, 0.717) is 17.1 Å². The quantitative estimate of drug-likeness (QED) is 0.595. The van der Waals surface area contributed by atoms with E-state index in [-0.39, 0.29) is 22.6 Å². The van der Waals surface area contributed by atoms with Gasteiger partial charge >= 0.3 is 0 Å². The molecule has 2 heterocycles. The summed E-state index contributed by atoms with van der Waals surface area (Å²) in [7, 11) is 0. The molecule has 0 aliphatic rings. The Morgan fingerprint density at radius 1 is 1.23 bits per heavy atom. The van der Waals surface area contributed by atoms with Crippen LogP contribution in [0.25, 0.3) is 22.6 Å². The Labute approximate surface area is 153 Å². The number of nitrogens with one attached hydrogen (secondary N) is 1. The summed E-state index contributed by atoms with van der Waals surface area (Å²) in [6.07, 6.45) is 1.53. The lowest BCUT2D eigenvalue weighted by Gasteiger charge is -2.07. The minimum atomic E-state index is -0.450. The van der Waals surface area contributed by atoms with Crippen molar-refractivity contribution in [1.82, 2.24) is 19.5 Å². The van der Waals surface area contributed by atoms with Gasteiger partial charge in [0.1, 0.15) is 11.6 Å². The lowest BCUT2D eigenvalue weighted by molar-refractivity contribution is 0.629. The van der Waals surface area contributed by atoms with Gasteiger partial charge in [0.2, 0.25) is 0 Å². The molecule has 7 heteroatoms. The van der Waals surface area contributed by atoms with Crippen LogP contribution >= 0.6 is 11.6 Å². The number of benzene rings is 2. The molecule has 0 saturated carbocycles. The van der Waals surface area contributed by atoms with Gasteiger partial charge < -0.3 is 9.55 Å². The Morgan fingerprint density at radius 3 is 2.85 bits per heavy atom. The summed E-state index contributed by atoms with van der Waals surface area (Å²) in [4.78, 5) is 23.8. The summed E-state index contributed by atoms with van der Waals surface area (Å²) in [6, 6.07) is 12.0. The van der Waals surface area contributed by atoms with Crippen LogP contribution in [0.1, 0.15) is 11.1 Å². The zero-order chi connectivity index (χ0) is 18.3. The zero-order valence-corrected chi connectivity index (χ0v) is 14.6. The third-order valence-electron chi connectivity index (χ3n) is 4.16. The van der Waals surface area contributed by atoms with Crippen molar-refractivity contribution < 1.29 is 4.39 Å². The van der Waals surface area contributed by atoms with E-state index in [0.717, 1.165) is 11.1 Å². The maximum absolute atomic E-state index is 14.1. The fourth-order valence-corrected chi connectivity index (χ4v) is 3.06. The van der Waals surface area contributed by atoms with E-state index in [1.807, 2.05) is 25.1 Å². The second-order valence-corrected chi connectivity index (χ2v) is 6.44. The molecular weight excluding hydrogens is 355 g/mol. The van der Waals surface area contributed by atoms with Crippen LogP contribution in [0.5, 0.6) is 0 Å². The number of hydrogen-bond acceptors (Lipinski definition) is 3. The van der Waals surface area contributed by atoms with Gasteiger partial charge in [-0.2, -0.15) is 0 Å². The third kappa shape index (κ3) is 2.88. The van der Waals surface area contributed by atoms with Gasteiger partial charge in [-0.25, -0.2) is 14.4 Å². The highest BCUT2D eigenvalue weighted by molar-refractivity contribution is 6.31. The monoisotopic (exact) mass is 368 g/mol. The highest BCUT2D eigenvalue weighted by atomic mass is 35.5. The lowest BCUT2D eigenvalue weighted by atomic mass is 10.1. The van der Waals surface area contributed by atoms with E-state index in [1.165, 1.54) is 12.4 Å². The van der Waals surface area contributed by atoms with Gasteiger partial charge in [0.05, 0.1) is 18.4 Å². The second-order valence-electron chi connectivity index (χ2n) is 6.03. The Morgan fingerprint density at radius 2 is 2.04 bits per heavy atom. The predicted molar refractivity (Wildman–Crippen MR) is 98.8 cm³/mol. The first-order chi connectivity index (χ1) is 12.5. The van der Waals surface area contributed by atoms with Gasteiger partial charge in [0.25, 0.3) is 5.56 Å². The molecule has 0 spiro atoms. The first-order valence-corrected chi connectivity index (χ1v) is 8.36. The molecule has 0 atom stereocenters. The summed E-state index contributed by atoms with van der Waals surface area (Å²) in [5.41, 5.74) is 2.17. The largest absolute Gasteiger partial charge is 0.320 e. The highest BCUT2D eigenvalue weighted by Gasteiger charge is 2.15. The molecule has 5 nitrogen and oxygen atoms in total. The molecule has 130 valence electrons. The second kappa shape index (κ2) is 6.38. The van der Waals surface area contributed by atoms with Crippen molar-refractivity contribution in [1.29, 1.82) is 0 Å². The Bertz CT molecular complexity index is 1180. The molecule has 0 bridgehead atoms. The summed E-state index contributed by atoms with van der Waals surface area (Å²) in [5, 5.41) is 0.609. The first-order valence-electron chi connectivity index (χ1n) is 7.98. The van der Waals surface area contributed by atoms with E-state index in [9.17, 15) is 9.18 Å². The van der Waals surface area contributed by atoms with Crippen molar-refractivity contribution in [3.8, 4) is 11.4 Å². The van der Waals surface area contributed by atoms with Gasteiger partial charge in [0.15, 0.2) is 11.2 Å². The molecule has 0 saturated heterocycles. The summed E-state index contributed by atoms with van der Waals surface area (Å²) < 4.78 is 15.8. The van der Waals surface area contributed by atoms with Crippen molar-refractivity contribution in [2.45, 2.75) is 13.5 Å². The minimum Gasteiger partial charge on any atom is -0.320 e. The number of halogens is 2. The molecule has 2 aromatic heterocycles. The fraction of sp³-hybridized carbons (Fsp3) is 0.105. The number of aromatic nitrogens is 4. The smallest absolute Gasteiger partial charge is 0.277 e. The standard InChI is InChI=1S/C19H14ClFN4O/c1-11-6-7-15(21)13(8-11)17-23-18-16(19(26)24-17)25(10-22-18)9-12-4-2-3-5-14(12)20/h2-8,10H,9H2,1H3,(H,23,24,26). The maximum atomic E-state index is 14.1. The maximum Gasteiger partial charge on any atom is 0.277 e. The van der Waals surface area contributed by atoms with Crippen LogP contribution in [0.15, 0.2) is 53.6 Å². The third-order valence-corrected chi connectivity index (χ3v) is 4.53. The van der Waals surface area contributed by atoms with Crippen molar-refractivity contribution >= 4 is 22.8 Å². The van der Waals surface area contributed by atoms with Crippen molar-refractivity contribution in [3.63, 3.8) is 0 Å².